The van der Waals surface area contributed by atoms with Crippen LogP contribution in [0.1, 0.15) is 10.4 Å². The number of likely N-dealkylation sites (N-methyl/N-ethyl adjacent to an activating group) is 1. The van der Waals surface area contributed by atoms with Gasteiger partial charge in [0.1, 0.15) is 5.75 Å². The largest absolute Gasteiger partial charge is 0.573 e. The highest BCUT2D eigenvalue weighted by Gasteiger charge is 2.31. The van der Waals surface area contributed by atoms with Crippen molar-refractivity contribution in [3.05, 3.63) is 59.7 Å². The summed E-state index contributed by atoms with van der Waals surface area (Å²) in [6.07, 6.45) is -3.08. The standard InChI is InChI=1S/C20H18F3N3O3S/c1-26(8-9-27)17-7-2-13(10-16(17)18-11-24-12-30-18)19(28)25-14-3-5-15(6-4-14)29-20(21,22)23/h2-7,10-12,27H,8-9H2,1H3,(H,25,28). The van der Waals surface area contributed by atoms with Crippen molar-refractivity contribution >= 4 is 28.6 Å². The fourth-order valence-electron chi connectivity index (χ4n) is 2.77. The highest BCUT2D eigenvalue weighted by Crippen LogP contribution is 2.34. The number of nitrogens with zero attached hydrogens (tertiary/aromatic N) is 2. The summed E-state index contributed by atoms with van der Waals surface area (Å²) in [5.74, 6) is -0.786. The van der Waals surface area contributed by atoms with Crippen molar-refractivity contribution in [2.75, 3.05) is 30.4 Å². The van der Waals surface area contributed by atoms with Gasteiger partial charge in [-0.05, 0) is 42.5 Å². The van der Waals surface area contributed by atoms with Crippen LogP contribution in [0.25, 0.3) is 10.4 Å². The van der Waals surface area contributed by atoms with Gasteiger partial charge >= 0.3 is 6.36 Å². The molecule has 1 amide bonds. The maximum atomic E-state index is 12.7. The summed E-state index contributed by atoms with van der Waals surface area (Å²) in [4.78, 5) is 19.5. The highest BCUT2D eigenvalue weighted by molar-refractivity contribution is 7.13. The Morgan fingerprint density at radius 1 is 1.23 bits per heavy atom. The number of alkyl halides is 3. The molecule has 0 fully saturated rings. The molecular formula is C20H18F3N3O3S. The lowest BCUT2D eigenvalue weighted by Crippen LogP contribution is -2.22. The number of thiazole rings is 1. The van der Waals surface area contributed by atoms with Crippen LogP contribution in [0.5, 0.6) is 5.75 Å². The average Bonchev–Trinajstić information content (AvgIpc) is 3.23. The van der Waals surface area contributed by atoms with Crippen molar-refractivity contribution in [3.63, 3.8) is 0 Å². The summed E-state index contributed by atoms with van der Waals surface area (Å²) in [6.45, 7) is 0.401. The molecule has 30 heavy (non-hydrogen) atoms. The molecule has 10 heteroatoms. The third kappa shape index (κ3) is 5.49. The number of halogens is 3. The average molecular weight is 437 g/mol. The van der Waals surface area contributed by atoms with Crippen LogP contribution in [0.4, 0.5) is 24.5 Å². The number of carbonyl (C=O) groups excluding carboxylic acids is 1. The first kappa shape index (κ1) is 21.6. The predicted octanol–water partition coefficient (Wildman–Crippen LogP) is 4.39. The lowest BCUT2D eigenvalue weighted by Gasteiger charge is -2.21. The minimum Gasteiger partial charge on any atom is -0.406 e. The van der Waals surface area contributed by atoms with E-state index in [9.17, 15) is 23.1 Å². The van der Waals surface area contributed by atoms with Crippen molar-refractivity contribution in [3.8, 4) is 16.2 Å². The van der Waals surface area contributed by atoms with E-state index in [1.165, 1.54) is 23.5 Å². The van der Waals surface area contributed by atoms with E-state index in [4.69, 9.17) is 0 Å². The summed E-state index contributed by atoms with van der Waals surface area (Å²) in [6, 6.07) is 10.0. The quantitative estimate of drug-likeness (QED) is 0.574. The molecule has 1 heterocycles. The Balaban J connectivity index is 1.81. The number of nitrogens with one attached hydrogen (secondary N) is 1. The number of anilines is 2. The van der Waals surface area contributed by atoms with Crippen molar-refractivity contribution in [2.24, 2.45) is 0 Å². The molecule has 6 nitrogen and oxygen atoms in total. The maximum absolute atomic E-state index is 12.7. The summed E-state index contributed by atoms with van der Waals surface area (Å²) in [5, 5.41) is 11.9. The Morgan fingerprint density at radius 3 is 2.57 bits per heavy atom. The topological polar surface area (TPSA) is 74.7 Å². The molecule has 2 aromatic carbocycles. The molecule has 0 saturated carbocycles. The van der Waals surface area contributed by atoms with Gasteiger partial charge in [0.05, 0.1) is 17.0 Å². The van der Waals surface area contributed by atoms with Crippen LogP contribution in [0, 0.1) is 0 Å². The first-order chi connectivity index (χ1) is 14.3. The van der Waals surface area contributed by atoms with Gasteiger partial charge in [0.15, 0.2) is 0 Å². The third-order valence-corrected chi connectivity index (χ3v) is 4.96. The number of aliphatic hydroxyl groups excluding tert-OH is 1. The number of hydrogen-bond donors (Lipinski definition) is 2. The molecule has 0 saturated heterocycles. The number of aliphatic hydroxyl groups is 1. The van der Waals surface area contributed by atoms with Crippen LogP contribution in [0.15, 0.2) is 54.2 Å². The molecular weight excluding hydrogens is 419 g/mol. The molecule has 0 spiro atoms. The van der Waals surface area contributed by atoms with Crippen molar-refractivity contribution < 1.29 is 27.8 Å². The van der Waals surface area contributed by atoms with Crippen LogP contribution in [-0.2, 0) is 0 Å². The molecule has 3 rings (SSSR count). The minimum atomic E-state index is -4.78. The molecule has 1 aromatic heterocycles. The van der Waals surface area contributed by atoms with E-state index in [1.807, 2.05) is 11.9 Å². The molecule has 0 aliphatic rings. The number of hydrogen-bond acceptors (Lipinski definition) is 6. The minimum absolute atomic E-state index is 0.0189. The fraction of sp³-hybridized carbons (Fsp3) is 0.200. The van der Waals surface area contributed by atoms with Gasteiger partial charge in [0.2, 0.25) is 0 Å². The van der Waals surface area contributed by atoms with Crippen molar-refractivity contribution in [2.45, 2.75) is 6.36 Å². The number of benzene rings is 2. The molecule has 3 aromatic rings. The van der Waals surface area contributed by atoms with Crippen LogP contribution < -0.4 is 15.0 Å². The molecule has 0 aliphatic heterocycles. The van der Waals surface area contributed by atoms with Gasteiger partial charge in [0, 0.05) is 42.3 Å². The fourth-order valence-corrected chi connectivity index (χ4v) is 3.42. The predicted molar refractivity (Wildman–Crippen MR) is 109 cm³/mol. The van der Waals surface area contributed by atoms with Gasteiger partial charge in [-0.2, -0.15) is 0 Å². The summed E-state index contributed by atoms with van der Waals surface area (Å²) >= 11 is 1.42. The number of rotatable bonds is 7. The summed E-state index contributed by atoms with van der Waals surface area (Å²) in [5.41, 5.74) is 4.00. The molecule has 0 bridgehead atoms. The second kappa shape index (κ2) is 9.14. The van der Waals surface area contributed by atoms with Crippen LogP contribution in [-0.4, -0.2) is 42.6 Å². The zero-order valence-electron chi connectivity index (χ0n) is 15.8. The zero-order chi connectivity index (χ0) is 21.7. The van der Waals surface area contributed by atoms with E-state index < -0.39 is 12.3 Å². The van der Waals surface area contributed by atoms with Crippen LogP contribution in [0.2, 0.25) is 0 Å². The van der Waals surface area contributed by atoms with Crippen molar-refractivity contribution in [1.82, 2.24) is 4.98 Å². The Bertz CT molecular complexity index is 993. The van der Waals surface area contributed by atoms with Gasteiger partial charge in [-0.25, -0.2) is 0 Å². The van der Waals surface area contributed by atoms with Gasteiger partial charge < -0.3 is 20.1 Å². The molecule has 0 radical (unpaired) electrons. The Hall–Kier alpha value is -3.11. The Kier molecular flexibility index (Phi) is 6.58. The number of amides is 1. The number of ether oxygens (including phenoxy) is 1. The van der Waals surface area contributed by atoms with Gasteiger partial charge in [-0.1, -0.05) is 0 Å². The molecule has 158 valence electrons. The van der Waals surface area contributed by atoms with Crippen LogP contribution >= 0.6 is 11.3 Å². The van der Waals surface area contributed by atoms with Gasteiger partial charge in [-0.3, -0.25) is 9.78 Å². The van der Waals surface area contributed by atoms with E-state index in [0.29, 0.717) is 17.8 Å². The highest BCUT2D eigenvalue weighted by atomic mass is 32.1. The number of carbonyl (C=O) groups is 1. The smallest absolute Gasteiger partial charge is 0.406 e. The molecule has 2 N–H and O–H groups in total. The SMILES string of the molecule is CN(CCO)c1ccc(C(=O)Nc2ccc(OC(F)(F)F)cc2)cc1-c1cncs1. The summed E-state index contributed by atoms with van der Waals surface area (Å²) in [7, 11) is 1.83. The summed E-state index contributed by atoms with van der Waals surface area (Å²) < 4.78 is 40.6. The monoisotopic (exact) mass is 437 g/mol. The third-order valence-electron chi connectivity index (χ3n) is 4.15. The number of aromatic nitrogens is 1. The normalized spacial score (nSPS) is 11.2. The lowest BCUT2D eigenvalue weighted by molar-refractivity contribution is -0.274. The van der Waals surface area contributed by atoms with Crippen LogP contribution in [0.3, 0.4) is 0 Å². The first-order valence-electron chi connectivity index (χ1n) is 8.79. The second-order valence-electron chi connectivity index (χ2n) is 6.27. The van der Waals surface area contributed by atoms with E-state index in [0.717, 1.165) is 28.3 Å². The second-order valence-corrected chi connectivity index (χ2v) is 7.16. The molecule has 0 atom stereocenters. The first-order valence-corrected chi connectivity index (χ1v) is 9.67. The zero-order valence-corrected chi connectivity index (χ0v) is 16.6. The van der Waals surface area contributed by atoms with E-state index in [2.05, 4.69) is 15.0 Å². The van der Waals surface area contributed by atoms with Crippen molar-refractivity contribution in [1.29, 1.82) is 0 Å². The van der Waals surface area contributed by atoms with Gasteiger partial charge in [-0.15, -0.1) is 24.5 Å². The molecule has 0 unspecified atom stereocenters. The maximum Gasteiger partial charge on any atom is 0.573 e. The van der Waals surface area contributed by atoms with E-state index >= 15 is 0 Å². The Labute approximate surface area is 174 Å². The van der Waals surface area contributed by atoms with E-state index in [1.54, 1.807) is 29.9 Å². The Morgan fingerprint density at radius 2 is 1.97 bits per heavy atom. The van der Waals surface area contributed by atoms with Gasteiger partial charge in [0.25, 0.3) is 5.91 Å². The lowest BCUT2D eigenvalue weighted by atomic mass is 10.1. The molecule has 0 aliphatic carbocycles. The van der Waals surface area contributed by atoms with E-state index in [-0.39, 0.29) is 12.4 Å².